The molecular weight excluding hydrogens is 405 g/mol. The summed E-state index contributed by atoms with van der Waals surface area (Å²) in [5.74, 6) is -0.270. The minimum atomic E-state index is -0.638. The van der Waals surface area contributed by atoms with Gasteiger partial charge in [0.15, 0.2) is 5.60 Å². The molecule has 1 aliphatic carbocycles. The van der Waals surface area contributed by atoms with Crippen LogP contribution in [0.2, 0.25) is 10.0 Å². The summed E-state index contributed by atoms with van der Waals surface area (Å²) in [6.07, 6.45) is 4.67. The van der Waals surface area contributed by atoms with Crippen LogP contribution in [-0.4, -0.2) is 18.8 Å². The number of fused-ring (bicyclic) bond motifs is 1. The summed E-state index contributed by atoms with van der Waals surface area (Å²) >= 11 is 13.8. The number of halogens is 2. The molecule has 2 aromatic rings. The quantitative estimate of drug-likeness (QED) is 0.589. The monoisotopic (exact) mass is 423 g/mol. The van der Waals surface area contributed by atoms with Crippen molar-refractivity contribution in [2.24, 2.45) is 5.16 Å². The zero-order valence-electron chi connectivity index (χ0n) is 15.1. The fourth-order valence-corrected chi connectivity index (χ4v) is 5.62. The smallest absolute Gasteiger partial charge is 0.348 e. The lowest BCUT2D eigenvalue weighted by Crippen LogP contribution is -2.22. The molecule has 1 aromatic heterocycles. The van der Waals surface area contributed by atoms with Crippen molar-refractivity contribution < 1.29 is 14.4 Å². The van der Waals surface area contributed by atoms with Gasteiger partial charge in [-0.15, -0.1) is 11.3 Å². The summed E-state index contributed by atoms with van der Waals surface area (Å²) in [7, 11) is 1.42. The summed E-state index contributed by atoms with van der Waals surface area (Å²) in [5, 5.41) is 5.52. The molecular formula is C20H19Cl2NO3S. The van der Waals surface area contributed by atoms with E-state index in [1.807, 2.05) is 19.1 Å². The molecule has 0 saturated heterocycles. The molecule has 0 radical (unpaired) electrons. The first kappa shape index (κ1) is 18.8. The van der Waals surface area contributed by atoms with Crippen molar-refractivity contribution in [2.75, 3.05) is 7.11 Å². The van der Waals surface area contributed by atoms with Gasteiger partial charge in [-0.25, -0.2) is 4.79 Å². The van der Waals surface area contributed by atoms with Gasteiger partial charge in [0.25, 0.3) is 0 Å². The maximum absolute atomic E-state index is 12.2. The van der Waals surface area contributed by atoms with Crippen LogP contribution in [-0.2, 0) is 28.0 Å². The lowest BCUT2D eigenvalue weighted by atomic mass is 9.87. The van der Waals surface area contributed by atoms with E-state index in [9.17, 15) is 4.79 Å². The van der Waals surface area contributed by atoms with Crippen molar-refractivity contribution in [1.82, 2.24) is 0 Å². The molecule has 1 aromatic carbocycles. The first-order valence-corrected chi connectivity index (χ1v) is 10.4. The maximum atomic E-state index is 12.2. The number of esters is 1. The Labute approximate surface area is 172 Å². The van der Waals surface area contributed by atoms with Crippen molar-refractivity contribution >= 4 is 46.2 Å². The second kappa shape index (κ2) is 7.12. The largest absolute Gasteiger partial charge is 0.465 e. The number of carbonyl (C=O) groups excluding carboxylic acids is 1. The van der Waals surface area contributed by atoms with Gasteiger partial charge in [0, 0.05) is 22.0 Å². The Hall–Kier alpha value is -1.56. The zero-order valence-corrected chi connectivity index (χ0v) is 17.4. The molecule has 1 unspecified atom stereocenters. The van der Waals surface area contributed by atoms with E-state index in [1.54, 1.807) is 6.07 Å². The van der Waals surface area contributed by atoms with Crippen molar-refractivity contribution in [3.05, 3.63) is 54.7 Å². The number of carbonyl (C=O) groups is 1. The van der Waals surface area contributed by atoms with Gasteiger partial charge in [-0.3, -0.25) is 0 Å². The van der Waals surface area contributed by atoms with E-state index in [1.165, 1.54) is 24.0 Å². The van der Waals surface area contributed by atoms with Crippen molar-refractivity contribution in [3.63, 3.8) is 0 Å². The van der Waals surface area contributed by atoms with Crippen molar-refractivity contribution in [3.8, 4) is 0 Å². The van der Waals surface area contributed by atoms with Gasteiger partial charge in [0.1, 0.15) is 10.6 Å². The lowest BCUT2D eigenvalue weighted by Gasteiger charge is -2.22. The molecule has 142 valence electrons. The van der Waals surface area contributed by atoms with Crippen LogP contribution < -0.4 is 0 Å². The Morgan fingerprint density at radius 1 is 1.19 bits per heavy atom. The summed E-state index contributed by atoms with van der Waals surface area (Å²) in [6, 6.07) is 5.41. The minimum Gasteiger partial charge on any atom is -0.465 e. The Morgan fingerprint density at radius 3 is 2.52 bits per heavy atom. The van der Waals surface area contributed by atoms with Crippen LogP contribution in [0.4, 0.5) is 0 Å². The topological polar surface area (TPSA) is 47.9 Å². The highest BCUT2D eigenvalue weighted by Gasteiger charge is 2.39. The molecule has 0 N–H and O–H groups in total. The van der Waals surface area contributed by atoms with Gasteiger partial charge in [-0.2, -0.15) is 0 Å². The number of methoxy groups -OCH3 is 1. The van der Waals surface area contributed by atoms with E-state index >= 15 is 0 Å². The number of benzene rings is 1. The molecule has 2 heterocycles. The third-order valence-corrected chi connectivity index (χ3v) is 6.93. The number of ether oxygens (including phenoxy) is 1. The van der Waals surface area contributed by atoms with Crippen LogP contribution in [0.25, 0.3) is 0 Å². The molecule has 0 spiro atoms. The van der Waals surface area contributed by atoms with E-state index in [0.717, 1.165) is 47.4 Å². The second-order valence-electron chi connectivity index (χ2n) is 7.11. The van der Waals surface area contributed by atoms with Gasteiger partial charge in [-0.1, -0.05) is 28.4 Å². The number of hydrogen-bond acceptors (Lipinski definition) is 5. The lowest BCUT2D eigenvalue weighted by molar-refractivity contribution is -0.00737. The number of oxime groups is 1. The average Bonchev–Trinajstić information content (AvgIpc) is 3.22. The predicted octanol–water partition coefficient (Wildman–Crippen LogP) is 5.76. The number of thiophene rings is 1. The van der Waals surface area contributed by atoms with Crippen LogP contribution in [0, 0.1) is 0 Å². The van der Waals surface area contributed by atoms with Gasteiger partial charge >= 0.3 is 5.97 Å². The molecule has 1 aliphatic heterocycles. The van der Waals surface area contributed by atoms with E-state index in [-0.39, 0.29) is 5.97 Å². The molecule has 2 aliphatic rings. The number of nitrogens with zero attached hydrogens (tertiary/aromatic N) is 1. The van der Waals surface area contributed by atoms with Gasteiger partial charge in [-0.05, 0) is 61.9 Å². The molecule has 1 atom stereocenters. The molecule has 0 amide bonds. The normalized spacial score (nSPS) is 21.4. The Bertz CT molecular complexity index is 933. The molecule has 0 fully saturated rings. The number of hydrogen-bond donors (Lipinski definition) is 0. The van der Waals surface area contributed by atoms with Crippen LogP contribution in [0.5, 0.6) is 0 Å². The van der Waals surface area contributed by atoms with Crippen LogP contribution >= 0.6 is 34.5 Å². The fourth-order valence-electron chi connectivity index (χ4n) is 3.80. The predicted molar refractivity (Wildman–Crippen MR) is 108 cm³/mol. The SMILES string of the molecule is COC(=O)c1sc(C2=NOC(C)(c3cc(Cl)cc(Cl)c3)C2)c2c1CCCC2. The Kier molecular flexibility index (Phi) is 4.95. The Morgan fingerprint density at radius 2 is 1.85 bits per heavy atom. The fraction of sp³-hybridized carbons (Fsp3) is 0.400. The highest BCUT2D eigenvalue weighted by Crippen LogP contribution is 2.42. The first-order valence-electron chi connectivity index (χ1n) is 8.86. The van der Waals surface area contributed by atoms with Gasteiger partial charge in [0.05, 0.1) is 12.0 Å². The molecule has 4 nitrogen and oxygen atoms in total. The first-order chi connectivity index (χ1) is 12.9. The standard InChI is InChI=1S/C20H19Cl2NO3S/c1-20(11-7-12(21)9-13(22)8-11)10-16(23-26-20)17-14-5-3-4-6-15(14)18(27-17)19(24)25-2/h7-9H,3-6,10H2,1-2H3. The van der Waals surface area contributed by atoms with Gasteiger partial charge in [0.2, 0.25) is 0 Å². The molecule has 4 rings (SSSR count). The molecule has 7 heteroatoms. The number of rotatable bonds is 3. The van der Waals surface area contributed by atoms with Crippen molar-refractivity contribution in [1.29, 1.82) is 0 Å². The average molecular weight is 424 g/mol. The highest BCUT2D eigenvalue weighted by atomic mass is 35.5. The van der Waals surface area contributed by atoms with Gasteiger partial charge < -0.3 is 9.57 Å². The molecule has 0 bridgehead atoms. The second-order valence-corrected chi connectivity index (χ2v) is 9.00. The van der Waals surface area contributed by atoms with Crippen molar-refractivity contribution in [2.45, 2.75) is 44.6 Å². The Balaban J connectivity index is 1.69. The summed E-state index contributed by atoms with van der Waals surface area (Å²) in [4.78, 5) is 19.8. The summed E-state index contributed by atoms with van der Waals surface area (Å²) in [5.41, 5.74) is 3.46. The third-order valence-electron chi connectivity index (χ3n) is 5.19. The third kappa shape index (κ3) is 3.37. The summed E-state index contributed by atoms with van der Waals surface area (Å²) < 4.78 is 4.99. The van der Waals surface area contributed by atoms with E-state index in [0.29, 0.717) is 21.3 Å². The van der Waals surface area contributed by atoms with E-state index in [4.69, 9.17) is 32.8 Å². The van der Waals surface area contributed by atoms with Crippen LogP contribution in [0.15, 0.2) is 23.4 Å². The van der Waals surface area contributed by atoms with Crippen LogP contribution in [0.3, 0.4) is 0 Å². The maximum Gasteiger partial charge on any atom is 0.348 e. The minimum absolute atomic E-state index is 0.270. The van der Waals surface area contributed by atoms with Crippen LogP contribution in [0.1, 0.15) is 57.4 Å². The zero-order chi connectivity index (χ0) is 19.2. The van der Waals surface area contributed by atoms with E-state index in [2.05, 4.69) is 5.16 Å². The highest BCUT2D eigenvalue weighted by molar-refractivity contribution is 7.16. The van der Waals surface area contributed by atoms with E-state index < -0.39 is 5.60 Å². The molecule has 27 heavy (non-hydrogen) atoms. The summed E-state index contributed by atoms with van der Waals surface area (Å²) in [6.45, 7) is 1.98. The molecule has 0 saturated carbocycles.